The summed E-state index contributed by atoms with van der Waals surface area (Å²) in [5, 5.41) is 2.02. The van der Waals surface area contributed by atoms with Crippen LogP contribution in [0.4, 0.5) is 0 Å². The Labute approximate surface area is 72.3 Å². The molecule has 0 saturated heterocycles. The molecule has 3 heterocycles. The van der Waals surface area contributed by atoms with Gasteiger partial charge < -0.3 is 0 Å². The summed E-state index contributed by atoms with van der Waals surface area (Å²) in [7, 11) is 0. The SMILES string of the molecule is c1cc2nc3sccn3c2cn1. The van der Waals surface area contributed by atoms with Gasteiger partial charge in [0.2, 0.25) is 0 Å². The maximum atomic E-state index is 4.42. The summed E-state index contributed by atoms with van der Waals surface area (Å²) in [5.41, 5.74) is 2.09. The third-order valence-corrected chi connectivity index (χ3v) is 2.60. The molecule has 0 radical (unpaired) electrons. The lowest BCUT2D eigenvalue weighted by molar-refractivity contribution is 1.26. The molecule has 0 aliphatic rings. The van der Waals surface area contributed by atoms with Gasteiger partial charge in [-0.2, -0.15) is 0 Å². The summed E-state index contributed by atoms with van der Waals surface area (Å²) in [6.07, 6.45) is 5.61. The molecule has 3 aromatic heterocycles. The van der Waals surface area contributed by atoms with Crippen LogP contribution in [0.25, 0.3) is 16.0 Å². The highest BCUT2D eigenvalue weighted by atomic mass is 32.1. The van der Waals surface area contributed by atoms with Gasteiger partial charge in [0.15, 0.2) is 4.96 Å². The van der Waals surface area contributed by atoms with Gasteiger partial charge in [-0.05, 0) is 6.07 Å². The molecule has 0 spiro atoms. The van der Waals surface area contributed by atoms with E-state index in [2.05, 4.69) is 9.97 Å². The van der Waals surface area contributed by atoms with E-state index in [0.29, 0.717) is 0 Å². The first-order valence-electron chi connectivity index (χ1n) is 3.60. The fourth-order valence-corrected chi connectivity index (χ4v) is 2.03. The lowest BCUT2D eigenvalue weighted by Gasteiger charge is -1.85. The number of hydrogen-bond acceptors (Lipinski definition) is 3. The first-order chi connectivity index (χ1) is 5.95. The fourth-order valence-electron chi connectivity index (χ4n) is 1.30. The Morgan fingerprint density at radius 1 is 1.42 bits per heavy atom. The number of imidazole rings is 1. The lowest BCUT2D eigenvalue weighted by Crippen LogP contribution is -1.76. The Balaban J connectivity index is 2.68. The molecule has 0 unspecified atom stereocenters. The lowest BCUT2D eigenvalue weighted by atomic mass is 10.4. The van der Waals surface area contributed by atoms with E-state index >= 15 is 0 Å². The molecule has 0 atom stereocenters. The van der Waals surface area contributed by atoms with Crippen LogP contribution in [0.3, 0.4) is 0 Å². The van der Waals surface area contributed by atoms with Crippen LogP contribution in [0.5, 0.6) is 0 Å². The predicted molar refractivity (Wildman–Crippen MR) is 48.4 cm³/mol. The van der Waals surface area contributed by atoms with E-state index in [1.54, 1.807) is 17.5 Å². The van der Waals surface area contributed by atoms with Gasteiger partial charge in [-0.25, -0.2) is 4.98 Å². The first-order valence-corrected chi connectivity index (χ1v) is 4.48. The Bertz CT molecular complexity index is 536. The highest BCUT2D eigenvalue weighted by Gasteiger charge is 2.02. The molecule has 0 aliphatic heterocycles. The van der Waals surface area contributed by atoms with Gasteiger partial charge >= 0.3 is 0 Å². The number of hydrogen-bond donors (Lipinski definition) is 0. The van der Waals surface area contributed by atoms with Gasteiger partial charge in [0.1, 0.15) is 0 Å². The molecule has 0 aromatic carbocycles. The number of aromatic nitrogens is 3. The van der Waals surface area contributed by atoms with E-state index < -0.39 is 0 Å². The standard InChI is InChI=1S/C8H5N3S/c1-2-9-5-7-6(1)10-8-11(7)3-4-12-8/h1-5H. The van der Waals surface area contributed by atoms with E-state index in [1.807, 2.05) is 28.2 Å². The normalized spacial score (nSPS) is 11.3. The molecule has 0 aliphatic carbocycles. The largest absolute Gasteiger partial charge is 0.289 e. The van der Waals surface area contributed by atoms with Crippen LogP contribution >= 0.6 is 11.3 Å². The van der Waals surface area contributed by atoms with Gasteiger partial charge in [-0.15, -0.1) is 11.3 Å². The molecule has 58 valence electrons. The molecule has 0 amide bonds. The van der Waals surface area contributed by atoms with Crippen molar-refractivity contribution in [1.29, 1.82) is 0 Å². The quantitative estimate of drug-likeness (QED) is 0.522. The zero-order valence-electron chi connectivity index (χ0n) is 6.14. The zero-order valence-corrected chi connectivity index (χ0v) is 6.95. The van der Waals surface area contributed by atoms with Crippen LogP contribution in [-0.2, 0) is 0 Å². The molecule has 0 saturated carbocycles. The maximum Gasteiger partial charge on any atom is 0.194 e. The second-order valence-electron chi connectivity index (χ2n) is 2.53. The van der Waals surface area contributed by atoms with Gasteiger partial charge in [-0.1, -0.05) is 0 Å². The number of rotatable bonds is 0. The Morgan fingerprint density at radius 2 is 2.42 bits per heavy atom. The fraction of sp³-hybridized carbons (Fsp3) is 0. The molecule has 0 bridgehead atoms. The Morgan fingerprint density at radius 3 is 3.42 bits per heavy atom. The number of pyridine rings is 1. The summed E-state index contributed by atoms with van der Waals surface area (Å²) in [6, 6.07) is 1.93. The van der Waals surface area contributed by atoms with Gasteiger partial charge in [0.25, 0.3) is 0 Å². The van der Waals surface area contributed by atoms with Crippen molar-refractivity contribution in [3.05, 3.63) is 30.0 Å². The van der Waals surface area contributed by atoms with Gasteiger partial charge in [-0.3, -0.25) is 9.38 Å². The average molecular weight is 175 g/mol. The molecule has 12 heavy (non-hydrogen) atoms. The molecule has 3 rings (SSSR count). The number of thiazole rings is 1. The summed E-state index contributed by atoms with van der Waals surface area (Å²) < 4.78 is 2.05. The van der Waals surface area contributed by atoms with Crippen molar-refractivity contribution < 1.29 is 0 Å². The van der Waals surface area contributed by atoms with Crippen molar-refractivity contribution in [2.45, 2.75) is 0 Å². The van der Waals surface area contributed by atoms with E-state index in [1.165, 1.54) is 0 Å². The predicted octanol–water partition coefficient (Wildman–Crippen LogP) is 1.94. The summed E-state index contributed by atoms with van der Waals surface area (Å²) in [6.45, 7) is 0. The van der Waals surface area contributed by atoms with Gasteiger partial charge in [0, 0.05) is 17.8 Å². The molecule has 3 aromatic rings. The van der Waals surface area contributed by atoms with Crippen LogP contribution in [0.1, 0.15) is 0 Å². The number of nitrogens with zero attached hydrogens (tertiary/aromatic N) is 3. The van der Waals surface area contributed by atoms with Crippen LogP contribution in [0, 0.1) is 0 Å². The third kappa shape index (κ3) is 0.648. The molecule has 0 N–H and O–H groups in total. The number of fused-ring (bicyclic) bond motifs is 3. The molecular weight excluding hydrogens is 170 g/mol. The Hall–Kier alpha value is -1.42. The highest BCUT2D eigenvalue weighted by molar-refractivity contribution is 7.15. The van der Waals surface area contributed by atoms with E-state index in [4.69, 9.17) is 0 Å². The van der Waals surface area contributed by atoms with E-state index in [-0.39, 0.29) is 0 Å². The minimum Gasteiger partial charge on any atom is -0.289 e. The minimum atomic E-state index is 1.01. The van der Waals surface area contributed by atoms with E-state index in [0.717, 1.165) is 16.0 Å². The smallest absolute Gasteiger partial charge is 0.194 e. The van der Waals surface area contributed by atoms with Crippen molar-refractivity contribution in [3.63, 3.8) is 0 Å². The molecule has 3 nitrogen and oxygen atoms in total. The molecular formula is C8H5N3S. The highest BCUT2D eigenvalue weighted by Crippen LogP contribution is 2.18. The van der Waals surface area contributed by atoms with E-state index in [9.17, 15) is 0 Å². The van der Waals surface area contributed by atoms with Crippen LogP contribution < -0.4 is 0 Å². The van der Waals surface area contributed by atoms with Crippen molar-refractivity contribution in [3.8, 4) is 0 Å². The average Bonchev–Trinajstić information content (AvgIpc) is 2.62. The van der Waals surface area contributed by atoms with Crippen LogP contribution in [0.15, 0.2) is 30.0 Å². The van der Waals surface area contributed by atoms with Gasteiger partial charge in [0.05, 0.1) is 17.2 Å². The maximum absolute atomic E-state index is 4.42. The zero-order chi connectivity index (χ0) is 7.97. The van der Waals surface area contributed by atoms with Crippen molar-refractivity contribution in [2.75, 3.05) is 0 Å². The second-order valence-corrected chi connectivity index (χ2v) is 3.40. The van der Waals surface area contributed by atoms with Crippen molar-refractivity contribution >= 4 is 27.3 Å². The second kappa shape index (κ2) is 2.04. The third-order valence-electron chi connectivity index (χ3n) is 1.84. The van der Waals surface area contributed by atoms with Crippen molar-refractivity contribution in [2.24, 2.45) is 0 Å². The monoisotopic (exact) mass is 175 g/mol. The Kier molecular flexibility index (Phi) is 1.04. The van der Waals surface area contributed by atoms with Crippen molar-refractivity contribution in [1.82, 2.24) is 14.4 Å². The first kappa shape index (κ1) is 6.14. The summed E-state index contributed by atoms with van der Waals surface area (Å²) in [5.74, 6) is 0. The minimum absolute atomic E-state index is 1.01. The van der Waals surface area contributed by atoms with Crippen LogP contribution in [-0.4, -0.2) is 14.4 Å². The summed E-state index contributed by atoms with van der Waals surface area (Å²) >= 11 is 1.64. The topological polar surface area (TPSA) is 30.2 Å². The summed E-state index contributed by atoms with van der Waals surface area (Å²) in [4.78, 5) is 9.50. The molecule has 0 fully saturated rings. The van der Waals surface area contributed by atoms with Crippen LogP contribution in [0.2, 0.25) is 0 Å². The molecule has 4 heteroatoms.